The molecule has 0 aliphatic heterocycles. The fourth-order valence-corrected chi connectivity index (χ4v) is 2.86. The third-order valence-corrected chi connectivity index (χ3v) is 4.41. The maximum Gasteiger partial charge on any atom is 0.453 e. The Morgan fingerprint density at radius 1 is 1.25 bits per heavy atom. The second-order valence-electron chi connectivity index (χ2n) is 5.10. The Labute approximate surface area is 138 Å². The van der Waals surface area contributed by atoms with E-state index in [0.717, 1.165) is 0 Å². The molecule has 0 aliphatic rings. The van der Waals surface area contributed by atoms with Gasteiger partial charge < -0.3 is 10.4 Å². The molecule has 0 aromatic carbocycles. The summed E-state index contributed by atoms with van der Waals surface area (Å²) in [6, 6.07) is 0. The molecule has 0 bridgehead atoms. The van der Waals surface area contributed by atoms with Gasteiger partial charge in [0, 0.05) is 10.9 Å². The zero-order valence-electron chi connectivity index (χ0n) is 12.7. The number of alkyl halides is 3. The van der Waals surface area contributed by atoms with Gasteiger partial charge in [-0.25, -0.2) is 4.98 Å². The van der Waals surface area contributed by atoms with E-state index < -0.39 is 12.0 Å². The van der Waals surface area contributed by atoms with Crippen LogP contribution >= 0.6 is 11.3 Å². The van der Waals surface area contributed by atoms with Crippen molar-refractivity contribution in [3.8, 4) is 0 Å². The lowest BCUT2D eigenvalue weighted by Gasteiger charge is -2.11. The van der Waals surface area contributed by atoms with E-state index >= 15 is 0 Å². The third-order valence-electron chi connectivity index (χ3n) is 3.52. The molecular formula is C13H13F3N6OS. The Balaban J connectivity index is 1.96. The molecule has 0 aliphatic carbocycles. The second kappa shape index (κ2) is 5.98. The van der Waals surface area contributed by atoms with E-state index in [9.17, 15) is 13.2 Å². The minimum atomic E-state index is -4.64. The summed E-state index contributed by atoms with van der Waals surface area (Å²) in [5.41, 5.74) is 1.86. The first-order valence-electron chi connectivity index (χ1n) is 6.89. The van der Waals surface area contributed by atoms with Gasteiger partial charge in [-0.1, -0.05) is 0 Å². The van der Waals surface area contributed by atoms with Gasteiger partial charge in [0.05, 0.1) is 18.8 Å². The molecule has 24 heavy (non-hydrogen) atoms. The van der Waals surface area contributed by atoms with E-state index in [2.05, 4.69) is 25.6 Å². The van der Waals surface area contributed by atoms with Crippen LogP contribution < -0.4 is 5.32 Å². The molecule has 0 spiro atoms. The summed E-state index contributed by atoms with van der Waals surface area (Å²) >= 11 is 1.34. The normalized spacial score (nSPS) is 12.1. The minimum Gasteiger partial charge on any atom is -0.390 e. The van der Waals surface area contributed by atoms with E-state index in [1.807, 2.05) is 0 Å². The quantitative estimate of drug-likeness (QED) is 0.744. The molecule has 0 saturated heterocycles. The zero-order chi connectivity index (χ0) is 17.5. The Morgan fingerprint density at radius 3 is 2.62 bits per heavy atom. The fourth-order valence-electron chi connectivity index (χ4n) is 2.14. The molecule has 7 nitrogen and oxygen atoms in total. The van der Waals surface area contributed by atoms with Crippen molar-refractivity contribution in [2.24, 2.45) is 0 Å². The number of aryl methyl sites for hydroxylation is 1. The predicted octanol–water partition coefficient (Wildman–Crippen LogP) is 2.32. The lowest BCUT2D eigenvalue weighted by atomic mass is 10.2. The van der Waals surface area contributed by atoms with Crippen LogP contribution in [0.2, 0.25) is 0 Å². The van der Waals surface area contributed by atoms with Crippen LogP contribution in [0.4, 0.5) is 19.0 Å². The molecule has 128 valence electrons. The number of nitrogens with one attached hydrogen (secondary N) is 1. The van der Waals surface area contributed by atoms with Crippen molar-refractivity contribution in [2.75, 3.05) is 5.32 Å². The van der Waals surface area contributed by atoms with E-state index in [-0.39, 0.29) is 18.8 Å². The molecule has 0 fully saturated rings. The number of aliphatic hydroxyl groups is 1. The number of halogens is 3. The van der Waals surface area contributed by atoms with Gasteiger partial charge in [-0.3, -0.25) is 0 Å². The van der Waals surface area contributed by atoms with E-state index in [1.165, 1.54) is 11.3 Å². The van der Waals surface area contributed by atoms with Crippen LogP contribution in [0.3, 0.4) is 0 Å². The highest BCUT2D eigenvalue weighted by atomic mass is 32.1. The Kier molecular flexibility index (Phi) is 4.13. The number of rotatable bonds is 4. The number of anilines is 1. The molecule has 0 radical (unpaired) electrons. The summed E-state index contributed by atoms with van der Waals surface area (Å²) < 4.78 is 39.7. The SMILES string of the molecule is Cc1c(NCc2nc(CO)cs2)nn2c(C(F)(F)F)nnc2c1C. The topological polar surface area (TPSA) is 88.2 Å². The molecular weight excluding hydrogens is 345 g/mol. The number of hydrogen-bond donors (Lipinski definition) is 2. The number of aliphatic hydroxyl groups excluding tert-OH is 1. The Hall–Kier alpha value is -2.27. The van der Waals surface area contributed by atoms with Crippen LogP contribution in [0.15, 0.2) is 5.38 Å². The van der Waals surface area contributed by atoms with Crippen molar-refractivity contribution in [2.45, 2.75) is 33.2 Å². The lowest BCUT2D eigenvalue weighted by molar-refractivity contribution is -0.146. The monoisotopic (exact) mass is 358 g/mol. The molecule has 2 N–H and O–H groups in total. The summed E-state index contributed by atoms with van der Waals surface area (Å²) in [4.78, 5) is 4.17. The van der Waals surface area contributed by atoms with E-state index in [1.54, 1.807) is 19.2 Å². The van der Waals surface area contributed by atoms with Crippen molar-refractivity contribution in [3.63, 3.8) is 0 Å². The molecule has 0 saturated carbocycles. The van der Waals surface area contributed by atoms with Crippen molar-refractivity contribution >= 4 is 22.8 Å². The maximum absolute atomic E-state index is 13.0. The number of aromatic nitrogens is 5. The summed E-state index contributed by atoms with van der Waals surface area (Å²) in [6.07, 6.45) is -4.64. The summed E-state index contributed by atoms with van der Waals surface area (Å²) in [5.74, 6) is -0.869. The molecule has 11 heteroatoms. The van der Waals surface area contributed by atoms with Gasteiger partial charge in [-0.05, 0) is 19.4 Å². The van der Waals surface area contributed by atoms with Gasteiger partial charge in [0.15, 0.2) is 11.5 Å². The summed E-state index contributed by atoms with van der Waals surface area (Å²) in [5, 5.41) is 25.2. The Morgan fingerprint density at radius 2 is 2.00 bits per heavy atom. The molecule has 3 aromatic rings. The summed E-state index contributed by atoms with van der Waals surface area (Å²) in [7, 11) is 0. The van der Waals surface area contributed by atoms with Gasteiger partial charge in [0.25, 0.3) is 5.82 Å². The molecule has 3 rings (SSSR count). The first kappa shape index (κ1) is 16.6. The van der Waals surface area contributed by atoms with Crippen LogP contribution in [0.25, 0.3) is 5.65 Å². The van der Waals surface area contributed by atoms with E-state index in [4.69, 9.17) is 5.11 Å². The highest BCUT2D eigenvalue weighted by Crippen LogP contribution is 2.29. The average Bonchev–Trinajstić information content (AvgIpc) is 3.15. The number of hydrogen-bond acceptors (Lipinski definition) is 7. The Bertz CT molecular complexity index is 888. The first-order chi connectivity index (χ1) is 11.3. The summed E-state index contributed by atoms with van der Waals surface area (Å²) in [6.45, 7) is 3.54. The van der Waals surface area contributed by atoms with Crippen molar-refractivity contribution in [1.82, 2.24) is 24.8 Å². The van der Waals surface area contributed by atoms with Crippen molar-refractivity contribution in [3.05, 3.63) is 33.0 Å². The second-order valence-corrected chi connectivity index (χ2v) is 6.04. The molecule has 0 atom stereocenters. The van der Waals surface area contributed by atoms with Gasteiger partial charge in [0.1, 0.15) is 5.01 Å². The van der Waals surface area contributed by atoms with Crippen LogP contribution in [0, 0.1) is 13.8 Å². The third kappa shape index (κ3) is 2.91. The smallest absolute Gasteiger partial charge is 0.390 e. The standard InChI is InChI=1S/C13H13F3N6OS/c1-6-7(2)11-19-20-12(13(14,15)16)22(11)21-10(6)17-3-9-18-8(4-23)5-24-9/h5,23H,3-4H2,1-2H3,(H,17,21). The molecule has 3 aromatic heterocycles. The molecule has 3 heterocycles. The maximum atomic E-state index is 13.0. The van der Waals surface area contributed by atoms with Gasteiger partial charge in [-0.15, -0.1) is 26.6 Å². The lowest BCUT2D eigenvalue weighted by Crippen LogP contribution is -2.15. The van der Waals surface area contributed by atoms with Gasteiger partial charge >= 0.3 is 6.18 Å². The fraction of sp³-hybridized carbons (Fsp3) is 0.385. The predicted molar refractivity (Wildman–Crippen MR) is 80.6 cm³/mol. The zero-order valence-corrected chi connectivity index (χ0v) is 13.5. The van der Waals surface area contributed by atoms with Gasteiger partial charge in [-0.2, -0.15) is 17.7 Å². The van der Waals surface area contributed by atoms with Crippen LogP contribution in [-0.4, -0.2) is 29.9 Å². The van der Waals surface area contributed by atoms with E-state index in [0.29, 0.717) is 32.2 Å². The largest absolute Gasteiger partial charge is 0.453 e. The number of nitrogens with zero attached hydrogens (tertiary/aromatic N) is 5. The van der Waals surface area contributed by atoms with Gasteiger partial charge in [0.2, 0.25) is 0 Å². The molecule has 0 amide bonds. The highest BCUT2D eigenvalue weighted by molar-refractivity contribution is 7.09. The number of thiazole rings is 1. The van der Waals surface area contributed by atoms with Crippen molar-refractivity contribution in [1.29, 1.82) is 0 Å². The minimum absolute atomic E-state index is 0.0715. The average molecular weight is 358 g/mol. The first-order valence-corrected chi connectivity index (χ1v) is 7.77. The molecule has 0 unspecified atom stereocenters. The van der Waals surface area contributed by atoms with Crippen LogP contribution in [0.1, 0.15) is 27.7 Å². The van der Waals surface area contributed by atoms with Crippen LogP contribution in [0.5, 0.6) is 0 Å². The van der Waals surface area contributed by atoms with Crippen LogP contribution in [-0.2, 0) is 19.3 Å². The highest BCUT2D eigenvalue weighted by Gasteiger charge is 2.38. The van der Waals surface area contributed by atoms with Crippen molar-refractivity contribution < 1.29 is 18.3 Å². The number of fused-ring (bicyclic) bond motifs is 1.